The summed E-state index contributed by atoms with van der Waals surface area (Å²) in [5.74, 6) is 0.0109. The first-order chi connectivity index (χ1) is 20.6. The number of carbonyl (C=O) groups excluding carboxylic acids is 2. The summed E-state index contributed by atoms with van der Waals surface area (Å²) in [5.41, 5.74) is 5.88. The van der Waals surface area contributed by atoms with E-state index in [-0.39, 0.29) is 25.3 Å². The van der Waals surface area contributed by atoms with Gasteiger partial charge in [-0.05, 0) is 74.7 Å². The van der Waals surface area contributed by atoms with E-state index in [1.807, 2.05) is 42.5 Å². The first-order valence-corrected chi connectivity index (χ1v) is 14.6. The Morgan fingerprint density at radius 2 is 1.79 bits per heavy atom. The summed E-state index contributed by atoms with van der Waals surface area (Å²) in [4.78, 5) is 31.9. The molecule has 0 bridgehead atoms. The molecule has 4 rings (SSSR count). The van der Waals surface area contributed by atoms with Crippen molar-refractivity contribution in [3.8, 4) is 5.75 Å². The van der Waals surface area contributed by atoms with Gasteiger partial charge in [0.25, 0.3) is 5.91 Å². The molecule has 228 valence electrons. The van der Waals surface area contributed by atoms with Crippen LogP contribution in [-0.4, -0.2) is 47.2 Å². The number of carbonyl (C=O) groups is 2. The van der Waals surface area contributed by atoms with Crippen LogP contribution in [0.25, 0.3) is 0 Å². The van der Waals surface area contributed by atoms with Gasteiger partial charge in [0, 0.05) is 36.6 Å². The Bertz CT molecular complexity index is 1410. The highest BCUT2D eigenvalue weighted by Gasteiger charge is 2.53. The number of hydrogen-bond donors (Lipinski definition) is 3. The van der Waals surface area contributed by atoms with Crippen molar-refractivity contribution in [3.05, 3.63) is 101 Å². The fourth-order valence-corrected chi connectivity index (χ4v) is 4.88. The first-order valence-electron chi connectivity index (χ1n) is 14.2. The Morgan fingerprint density at radius 3 is 2.47 bits per heavy atom. The standard InChI is InChI=1S/C33H38ClN3O6/c1-32(2,3)43-28(39)17-18-33(31(40)37-35-22-23-9-7-12-26(34)21-23)29(24-10-5-4-6-11-24)42-30(36-33)25-13-15-27(16-14-25)41-20-8-19-38/h4-7,9-16,21,29,35,38H,8,17-20,22H2,1-3H3,(H,37,40)/t29-,33-/m0/s1. The molecule has 0 fully saturated rings. The molecular weight excluding hydrogens is 570 g/mol. The summed E-state index contributed by atoms with van der Waals surface area (Å²) in [6, 6.07) is 23.8. The van der Waals surface area contributed by atoms with Crippen LogP contribution in [0, 0.1) is 0 Å². The van der Waals surface area contributed by atoms with E-state index in [9.17, 15) is 9.59 Å². The Morgan fingerprint density at radius 1 is 1.05 bits per heavy atom. The fraction of sp³-hybridized carbons (Fsp3) is 0.364. The number of esters is 1. The van der Waals surface area contributed by atoms with Gasteiger partial charge >= 0.3 is 5.97 Å². The second-order valence-corrected chi connectivity index (χ2v) is 11.7. The Hall–Kier alpha value is -3.92. The van der Waals surface area contributed by atoms with E-state index in [4.69, 9.17) is 35.9 Å². The van der Waals surface area contributed by atoms with E-state index >= 15 is 0 Å². The second kappa shape index (κ2) is 14.5. The third kappa shape index (κ3) is 8.79. The third-order valence-electron chi connectivity index (χ3n) is 6.65. The van der Waals surface area contributed by atoms with Crippen LogP contribution in [0.1, 0.15) is 62.8 Å². The monoisotopic (exact) mass is 607 g/mol. The smallest absolute Gasteiger partial charge is 0.306 e. The minimum Gasteiger partial charge on any atom is -0.494 e. The highest BCUT2D eigenvalue weighted by molar-refractivity contribution is 6.30. The van der Waals surface area contributed by atoms with Gasteiger partial charge in [0.2, 0.25) is 5.90 Å². The van der Waals surface area contributed by atoms with Crippen LogP contribution in [0.2, 0.25) is 5.02 Å². The summed E-state index contributed by atoms with van der Waals surface area (Å²) in [6.45, 7) is 6.15. The number of rotatable bonds is 13. The van der Waals surface area contributed by atoms with Crippen LogP contribution >= 0.6 is 11.6 Å². The number of benzene rings is 3. The molecule has 1 aliphatic heterocycles. The molecule has 1 heterocycles. The van der Waals surface area contributed by atoms with Crippen molar-refractivity contribution in [3.63, 3.8) is 0 Å². The number of hydrazine groups is 1. The number of ether oxygens (including phenoxy) is 3. The maximum Gasteiger partial charge on any atom is 0.306 e. The van der Waals surface area contributed by atoms with Gasteiger partial charge < -0.3 is 19.3 Å². The fourth-order valence-electron chi connectivity index (χ4n) is 4.67. The van der Waals surface area contributed by atoms with Crippen LogP contribution < -0.4 is 15.6 Å². The van der Waals surface area contributed by atoms with Crippen LogP contribution in [0.5, 0.6) is 5.75 Å². The van der Waals surface area contributed by atoms with Crippen LogP contribution in [0.3, 0.4) is 0 Å². The van der Waals surface area contributed by atoms with Gasteiger partial charge in [-0.15, -0.1) is 0 Å². The molecule has 0 radical (unpaired) electrons. The first kappa shape index (κ1) is 32.0. The summed E-state index contributed by atoms with van der Waals surface area (Å²) in [6.07, 6.45) is -0.311. The summed E-state index contributed by atoms with van der Waals surface area (Å²) in [7, 11) is 0. The topological polar surface area (TPSA) is 118 Å². The lowest BCUT2D eigenvalue weighted by molar-refractivity contribution is -0.155. The Kier molecular flexibility index (Phi) is 10.8. The van der Waals surface area contributed by atoms with Crippen molar-refractivity contribution in [1.82, 2.24) is 10.9 Å². The zero-order valence-corrected chi connectivity index (χ0v) is 25.4. The molecule has 1 amide bonds. The van der Waals surface area contributed by atoms with Crippen LogP contribution in [0.15, 0.2) is 83.9 Å². The van der Waals surface area contributed by atoms with Crippen molar-refractivity contribution >= 4 is 29.4 Å². The average Bonchev–Trinajstić information content (AvgIpc) is 3.37. The average molecular weight is 608 g/mol. The summed E-state index contributed by atoms with van der Waals surface area (Å²) < 4.78 is 17.7. The molecule has 10 heteroatoms. The van der Waals surface area contributed by atoms with Gasteiger partial charge in [-0.2, -0.15) is 0 Å². The van der Waals surface area contributed by atoms with Gasteiger partial charge in [-0.25, -0.2) is 10.4 Å². The normalized spacial score (nSPS) is 18.0. The number of aliphatic hydroxyl groups excluding tert-OH is 1. The second-order valence-electron chi connectivity index (χ2n) is 11.2. The number of aliphatic hydroxyl groups is 1. The Balaban J connectivity index is 1.66. The third-order valence-corrected chi connectivity index (χ3v) is 6.88. The molecule has 0 spiro atoms. The zero-order valence-electron chi connectivity index (χ0n) is 24.6. The maximum absolute atomic E-state index is 14.1. The van der Waals surface area contributed by atoms with E-state index in [0.717, 1.165) is 11.1 Å². The molecule has 0 saturated heterocycles. The molecule has 0 saturated carbocycles. The molecule has 0 unspecified atom stereocenters. The number of nitrogens with one attached hydrogen (secondary N) is 2. The molecule has 9 nitrogen and oxygen atoms in total. The molecular formula is C33H38ClN3O6. The van der Waals surface area contributed by atoms with Gasteiger partial charge in [0.15, 0.2) is 11.6 Å². The lowest BCUT2D eigenvalue weighted by Gasteiger charge is -2.31. The lowest BCUT2D eigenvalue weighted by Crippen LogP contribution is -2.52. The highest BCUT2D eigenvalue weighted by atomic mass is 35.5. The molecule has 3 aromatic rings. The van der Waals surface area contributed by atoms with E-state index in [0.29, 0.717) is 35.9 Å². The molecule has 0 aromatic heterocycles. The molecule has 1 aliphatic rings. The van der Waals surface area contributed by atoms with Crippen LogP contribution in [0.4, 0.5) is 0 Å². The predicted octanol–water partition coefficient (Wildman–Crippen LogP) is 5.30. The number of hydrogen-bond acceptors (Lipinski definition) is 8. The largest absolute Gasteiger partial charge is 0.494 e. The van der Waals surface area contributed by atoms with Gasteiger partial charge in [0.1, 0.15) is 11.4 Å². The molecule has 3 aromatic carbocycles. The lowest BCUT2D eigenvalue weighted by atomic mass is 9.83. The van der Waals surface area contributed by atoms with Crippen LogP contribution in [-0.2, 0) is 25.6 Å². The maximum atomic E-state index is 14.1. The zero-order chi connectivity index (χ0) is 30.9. The van der Waals surface area contributed by atoms with Gasteiger partial charge in [-0.3, -0.25) is 15.0 Å². The van der Waals surface area contributed by atoms with Crippen molar-refractivity contribution in [2.45, 2.75) is 63.8 Å². The SMILES string of the molecule is CC(C)(C)OC(=O)CC[C@]1(C(=O)NNCc2cccc(Cl)c2)N=C(c2ccc(OCCCO)cc2)O[C@H]1c1ccccc1. The number of halogens is 1. The van der Waals surface area contributed by atoms with E-state index in [2.05, 4.69) is 10.9 Å². The minimum atomic E-state index is -1.49. The minimum absolute atomic E-state index is 0.0397. The van der Waals surface area contributed by atoms with E-state index in [1.54, 1.807) is 57.2 Å². The number of nitrogens with zero attached hydrogens (tertiary/aromatic N) is 1. The van der Waals surface area contributed by atoms with Crippen molar-refractivity contribution < 1.29 is 28.9 Å². The van der Waals surface area contributed by atoms with Crippen molar-refractivity contribution in [1.29, 1.82) is 0 Å². The molecule has 2 atom stereocenters. The Labute approximate surface area is 257 Å². The molecule has 3 N–H and O–H groups in total. The van der Waals surface area contributed by atoms with Crippen molar-refractivity contribution in [2.75, 3.05) is 13.2 Å². The van der Waals surface area contributed by atoms with Gasteiger partial charge in [-0.1, -0.05) is 54.1 Å². The van der Waals surface area contributed by atoms with E-state index < -0.39 is 29.1 Å². The van der Waals surface area contributed by atoms with Crippen molar-refractivity contribution in [2.24, 2.45) is 4.99 Å². The number of aliphatic imine (C=N–C) groups is 1. The number of amides is 1. The molecule has 0 aliphatic carbocycles. The van der Waals surface area contributed by atoms with Gasteiger partial charge in [0.05, 0.1) is 6.61 Å². The highest BCUT2D eigenvalue weighted by Crippen LogP contribution is 2.43. The summed E-state index contributed by atoms with van der Waals surface area (Å²) in [5, 5.41) is 9.61. The van der Waals surface area contributed by atoms with E-state index in [1.165, 1.54) is 0 Å². The predicted molar refractivity (Wildman–Crippen MR) is 165 cm³/mol. The molecule has 43 heavy (non-hydrogen) atoms. The summed E-state index contributed by atoms with van der Waals surface area (Å²) >= 11 is 6.12. The quantitative estimate of drug-likeness (QED) is 0.137.